The second-order valence-corrected chi connectivity index (χ2v) is 14.9. The molecule has 12 rings (SSSR count). The van der Waals surface area contributed by atoms with Crippen molar-refractivity contribution in [3.63, 3.8) is 0 Å². The van der Waals surface area contributed by atoms with Gasteiger partial charge in [-0.25, -0.2) is 15.0 Å². The van der Waals surface area contributed by atoms with E-state index in [1.54, 1.807) is 11.3 Å². The molecule has 0 atom stereocenters. The van der Waals surface area contributed by atoms with Gasteiger partial charge in [-0.3, -0.25) is 0 Å². The van der Waals surface area contributed by atoms with Crippen LogP contribution in [0.5, 0.6) is 11.5 Å². The highest BCUT2D eigenvalue weighted by atomic mass is 32.1. The smallest absolute Gasteiger partial charge is 0.180 e. The molecule has 0 radical (unpaired) electrons. The summed E-state index contributed by atoms with van der Waals surface area (Å²) in [4.78, 5) is 16.0. The summed E-state index contributed by atoms with van der Waals surface area (Å²) in [6.07, 6.45) is 0. The zero-order valence-electron chi connectivity index (χ0n) is 28.2. The average Bonchev–Trinajstić information content (AvgIpc) is 3.74. The molecule has 4 heterocycles. The SMILES string of the molecule is c1ccc2c(c1)Oc1ccccc1C21c2ccccc2-c2cc(-c3nc(-c4nc5ccccc5c5ccccc45)nc4c3sc3ccccc34)ccc21. The third-order valence-corrected chi connectivity index (χ3v) is 12.3. The van der Waals surface area contributed by atoms with Gasteiger partial charge in [0.25, 0.3) is 0 Å². The van der Waals surface area contributed by atoms with Gasteiger partial charge in [0.1, 0.15) is 17.2 Å². The van der Waals surface area contributed by atoms with Gasteiger partial charge in [-0.15, -0.1) is 11.3 Å². The molecule has 0 saturated heterocycles. The van der Waals surface area contributed by atoms with Gasteiger partial charge >= 0.3 is 0 Å². The highest BCUT2D eigenvalue weighted by Gasteiger charge is 2.51. The predicted molar refractivity (Wildman–Crippen MR) is 216 cm³/mol. The van der Waals surface area contributed by atoms with E-state index in [9.17, 15) is 0 Å². The fourth-order valence-corrected chi connectivity index (χ4v) is 10.1. The zero-order chi connectivity index (χ0) is 34.7. The molecule has 1 aliphatic heterocycles. The van der Waals surface area contributed by atoms with E-state index < -0.39 is 5.41 Å². The summed E-state index contributed by atoms with van der Waals surface area (Å²) < 4.78 is 8.81. The fourth-order valence-electron chi connectivity index (χ4n) is 8.97. The number of hydrogen-bond acceptors (Lipinski definition) is 5. The van der Waals surface area contributed by atoms with Crippen molar-refractivity contribution in [3.05, 3.63) is 186 Å². The Hall–Kier alpha value is -6.69. The lowest BCUT2D eigenvalue weighted by Gasteiger charge is -2.39. The van der Waals surface area contributed by atoms with Crippen LogP contribution in [0.2, 0.25) is 0 Å². The van der Waals surface area contributed by atoms with E-state index in [4.69, 9.17) is 19.7 Å². The Labute approximate surface area is 308 Å². The van der Waals surface area contributed by atoms with Crippen LogP contribution in [0.25, 0.3) is 75.9 Å². The Morgan fingerprint density at radius 1 is 0.453 bits per heavy atom. The van der Waals surface area contributed by atoms with Gasteiger partial charge < -0.3 is 4.74 Å². The van der Waals surface area contributed by atoms with Crippen LogP contribution in [-0.4, -0.2) is 15.0 Å². The van der Waals surface area contributed by atoms with E-state index in [-0.39, 0.29) is 0 Å². The average molecular weight is 694 g/mol. The quantitative estimate of drug-likeness (QED) is 0.169. The monoisotopic (exact) mass is 693 g/mol. The van der Waals surface area contributed by atoms with Gasteiger partial charge in [-0.1, -0.05) is 133 Å². The third-order valence-electron chi connectivity index (χ3n) is 11.2. The van der Waals surface area contributed by atoms with Crippen LogP contribution in [-0.2, 0) is 5.41 Å². The maximum absolute atomic E-state index is 6.56. The van der Waals surface area contributed by atoms with Crippen LogP contribution in [0.3, 0.4) is 0 Å². The molecule has 7 aromatic carbocycles. The Morgan fingerprint density at radius 3 is 1.89 bits per heavy atom. The van der Waals surface area contributed by atoms with Crippen molar-refractivity contribution >= 4 is 53.3 Å². The van der Waals surface area contributed by atoms with Gasteiger partial charge in [0.15, 0.2) is 5.82 Å². The predicted octanol–water partition coefficient (Wildman–Crippen LogP) is 12.3. The molecule has 0 N–H and O–H groups in total. The van der Waals surface area contributed by atoms with Crippen LogP contribution in [0, 0.1) is 0 Å². The summed E-state index contributed by atoms with van der Waals surface area (Å²) in [6.45, 7) is 0. The van der Waals surface area contributed by atoms with Crippen molar-refractivity contribution in [2.45, 2.75) is 5.41 Å². The Kier molecular flexibility index (Phi) is 5.83. The number of hydrogen-bond donors (Lipinski definition) is 0. The van der Waals surface area contributed by atoms with Gasteiger partial charge in [-0.05, 0) is 58.0 Å². The summed E-state index contributed by atoms with van der Waals surface area (Å²) in [7, 11) is 0. The minimum Gasteiger partial charge on any atom is -0.457 e. The van der Waals surface area contributed by atoms with Crippen molar-refractivity contribution in [1.82, 2.24) is 15.0 Å². The minimum absolute atomic E-state index is 0.520. The van der Waals surface area contributed by atoms with E-state index in [1.807, 2.05) is 6.07 Å². The lowest BCUT2D eigenvalue weighted by molar-refractivity contribution is 0.436. The molecule has 2 aliphatic rings. The molecule has 0 unspecified atom stereocenters. The molecule has 0 saturated carbocycles. The first kappa shape index (κ1) is 28.9. The number of benzene rings is 7. The summed E-state index contributed by atoms with van der Waals surface area (Å²) in [6, 6.07) is 58.1. The first-order valence-electron chi connectivity index (χ1n) is 17.9. The summed E-state index contributed by atoms with van der Waals surface area (Å²) in [5.41, 5.74) is 11.4. The Bertz CT molecular complexity index is 3140. The Morgan fingerprint density at radius 2 is 1.08 bits per heavy atom. The van der Waals surface area contributed by atoms with Crippen LogP contribution < -0.4 is 4.74 Å². The summed E-state index contributed by atoms with van der Waals surface area (Å²) >= 11 is 1.75. The zero-order valence-corrected chi connectivity index (χ0v) is 29.1. The van der Waals surface area contributed by atoms with Crippen LogP contribution >= 0.6 is 11.3 Å². The number of pyridine rings is 1. The third kappa shape index (κ3) is 3.86. The van der Waals surface area contributed by atoms with E-state index in [0.29, 0.717) is 5.82 Å². The van der Waals surface area contributed by atoms with Crippen molar-refractivity contribution in [2.24, 2.45) is 0 Å². The molecule has 0 bridgehead atoms. The maximum Gasteiger partial charge on any atom is 0.180 e. The molecule has 1 aliphatic carbocycles. The summed E-state index contributed by atoms with van der Waals surface area (Å²) in [5.74, 6) is 2.41. The van der Waals surface area contributed by atoms with Crippen molar-refractivity contribution in [1.29, 1.82) is 0 Å². The minimum atomic E-state index is -0.520. The van der Waals surface area contributed by atoms with Gasteiger partial charge in [0, 0.05) is 37.5 Å². The molecular formula is C48H27N3OS. The van der Waals surface area contributed by atoms with E-state index in [2.05, 4.69) is 158 Å². The Balaban J connectivity index is 1.16. The number of nitrogens with zero attached hydrogens (tertiary/aromatic N) is 3. The lowest BCUT2D eigenvalue weighted by Crippen LogP contribution is -2.32. The number of aromatic nitrogens is 3. The van der Waals surface area contributed by atoms with Crippen molar-refractivity contribution < 1.29 is 4.74 Å². The van der Waals surface area contributed by atoms with Gasteiger partial charge in [-0.2, -0.15) is 0 Å². The van der Waals surface area contributed by atoms with E-state index in [1.165, 1.54) is 27.0 Å². The molecular weight excluding hydrogens is 667 g/mol. The highest BCUT2D eigenvalue weighted by molar-refractivity contribution is 7.26. The first-order chi connectivity index (χ1) is 26.3. The second kappa shape index (κ2) is 10.7. The van der Waals surface area contributed by atoms with Crippen LogP contribution in [0.1, 0.15) is 22.3 Å². The topological polar surface area (TPSA) is 47.9 Å². The first-order valence-corrected chi connectivity index (χ1v) is 18.7. The van der Waals surface area contributed by atoms with E-state index >= 15 is 0 Å². The van der Waals surface area contributed by atoms with E-state index in [0.717, 1.165) is 76.9 Å². The normalized spacial score (nSPS) is 13.6. The van der Waals surface area contributed by atoms with Crippen LogP contribution in [0.15, 0.2) is 164 Å². The molecule has 4 nitrogen and oxygen atoms in total. The van der Waals surface area contributed by atoms with Gasteiger partial charge in [0.05, 0.1) is 26.8 Å². The largest absolute Gasteiger partial charge is 0.457 e. The molecule has 246 valence electrons. The highest BCUT2D eigenvalue weighted by Crippen LogP contribution is 2.62. The standard InChI is InChI=1S/C48H27N3OS/c1-2-16-32-29(13-1)31-15-4-9-21-39(31)49-45(32)47-50-43(46-44(51-47)33-17-5-12-24-42(33)53-46)28-25-26-36-34(27-28)30-14-3-6-18-35(30)48(36)37-19-7-10-22-40(37)52-41-23-11-8-20-38(41)48/h1-27H. The van der Waals surface area contributed by atoms with Crippen molar-refractivity contribution in [3.8, 4) is 45.4 Å². The number of ether oxygens (including phenoxy) is 1. The molecule has 3 aromatic heterocycles. The fraction of sp³-hybridized carbons (Fsp3) is 0.0208. The molecule has 0 amide bonds. The molecule has 1 spiro atoms. The number of thiophene rings is 1. The number of fused-ring (bicyclic) bond motifs is 15. The maximum atomic E-state index is 6.56. The molecule has 5 heteroatoms. The number of rotatable bonds is 2. The van der Waals surface area contributed by atoms with Gasteiger partial charge in [0.2, 0.25) is 0 Å². The molecule has 53 heavy (non-hydrogen) atoms. The lowest BCUT2D eigenvalue weighted by atomic mass is 9.66. The summed E-state index contributed by atoms with van der Waals surface area (Å²) in [5, 5.41) is 4.43. The molecule has 0 fully saturated rings. The van der Waals surface area contributed by atoms with Crippen LogP contribution in [0.4, 0.5) is 0 Å². The molecule has 10 aromatic rings. The van der Waals surface area contributed by atoms with Crippen molar-refractivity contribution in [2.75, 3.05) is 0 Å². The second-order valence-electron chi connectivity index (χ2n) is 13.8. The number of para-hydroxylation sites is 3.